The van der Waals surface area contributed by atoms with Gasteiger partial charge >= 0.3 is 5.97 Å². The number of rotatable bonds is 8. The normalized spacial score (nSPS) is 15.0. The van der Waals surface area contributed by atoms with Gasteiger partial charge < -0.3 is 15.3 Å². The minimum atomic E-state index is -0.801. The molecule has 1 aliphatic rings. The van der Waals surface area contributed by atoms with E-state index in [1.165, 1.54) is 19.3 Å². The van der Waals surface area contributed by atoms with Crippen LogP contribution < -0.4 is 10.2 Å². The van der Waals surface area contributed by atoms with E-state index in [4.69, 9.17) is 5.11 Å². The zero-order valence-corrected chi connectivity index (χ0v) is 17.1. The molecule has 2 aromatic rings. The number of piperidine rings is 1. The molecule has 154 valence electrons. The summed E-state index contributed by atoms with van der Waals surface area (Å²) in [4.78, 5) is 26.3. The van der Waals surface area contributed by atoms with Crippen molar-refractivity contribution in [2.24, 2.45) is 0 Å². The summed E-state index contributed by atoms with van der Waals surface area (Å²) in [5.41, 5.74) is 4.06. The quantitative estimate of drug-likeness (QED) is 0.711. The maximum Gasteiger partial charge on any atom is 0.303 e. The number of anilines is 1. The molecule has 1 heterocycles. The lowest BCUT2D eigenvalue weighted by Crippen LogP contribution is -2.33. The first-order chi connectivity index (χ1) is 14.1. The molecule has 0 bridgehead atoms. The lowest BCUT2D eigenvalue weighted by Gasteiger charge is -2.32. The summed E-state index contributed by atoms with van der Waals surface area (Å²) < 4.78 is 0. The van der Waals surface area contributed by atoms with E-state index in [9.17, 15) is 9.59 Å². The summed E-state index contributed by atoms with van der Waals surface area (Å²) in [6, 6.07) is 16.0. The molecular formula is C24H30N2O3. The van der Waals surface area contributed by atoms with E-state index >= 15 is 0 Å². The fraction of sp³-hybridized carbons (Fsp3) is 0.417. The predicted octanol–water partition coefficient (Wildman–Crippen LogP) is 3.96. The molecular weight excluding hydrogens is 364 g/mol. The highest BCUT2D eigenvalue weighted by Gasteiger charge is 2.27. The van der Waals surface area contributed by atoms with Gasteiger partial charge in [-0.25, -0.2) is 0 Å². The van der Waals surface area contributed by atoms with E-state index in [2.05, 4.69) is 22.3 Å². The number of carbonyl (C=O) groups excluding carboxylic acids is 1. The minimum absolute atomic E-state index is 0.00440. The Balaban J connectivity index is 1.94. The first-order valence-electron chi connectivity index (χ1n) is 10.5. The molecule has 1 fully saturated rings. The van der Waals surface area contributed by atoms with Crippen LogP contribution in [-0.2, 0) is 16.0 Å². The van der Waals surface area contributed by atoms with Gasteiger partial charge in [0.25, 0.3) is 0 Å². The second-order valence-electron chi connectivity index (χ2n) is 7.57. The van der Waals surface area contributed by atoms with Crippen molar-refractivity contribution >= 4 is 17.6 Å². The number of carboxylic acids is 1. The van der Waals surface area contributed by atoms with Gasteiger partial charge in [-0.1, -0.05) is 42.5 Å². The number of nitrogens with one attached hydrogen (secondary N) is 1. The highest BCUT2D eigenvalue weighted by Crippen LogP contribution is 2.34. The number of aryl methyl sites for hydroxylation is 1. The first kappa shape index (κ1) is 20.9. The summed E-state index contributed by atoms with van der Waals surface area (Å²) >= 11 is 0. The monoisotopic (exact) mass is 394 g/mol. The van der Waals surface area contributed by atoms with Gasteiger partial charge in [0.1, 0.15) is 0 Å². The number of nitrogens with zero attached hydrogens (tertiary/aromatic N) is 1. The zero-order valence-electron chi connectivity index (χ0n) is 17.1. The summed E-state index contributed by atoms with van der Waals surface area (Å²) in [7, 11) is 0. The van der Waals surface area contributed by atoms with Gasteiger partial charge in [-0.2, -0.15) is 0 Å². The number of hydrogen-bond acceptors (Lipinski definition) is 3. The second-order valence-corrected chi connectivity index (χ2v) is 7.57. The predicted molar refractivity (Wildman–Crippen MR) is 115 cm³/mol. The van der Waals surface area contributed by atoms with Crippen molar-refractivity contribution in [1.29, 1.82) is 0 Å². The molecule has 0 spiro atoms. The maximum absolute atomic E-state index is 13.1. The Morgan fingerprint density at radius 3 is 2.38 bits per heavy atom. The van der Waals surface area contributed by atoms with Crippen LogP contribution in [0.5, 0.6) is 0 Å². The van der Waals surface area contributed by atoms with E-state index in [-0.39, 0.29) is 18.2 Å². The first-order valence-corrected chi connectivity index (χ1v) is 10.5. The Labute approximate surface area is 172 Å². The summed E-state index contributed by atoms with van der Waals surface area (Å²) in [6.07, 6.45) is 4.22. The van der Waals surface area contributed by atoms with Gasteiger partial charge in [-0.3, -0.25) is 9.59 Å². The van der Waals surface area contributed by atoms with E-state index in [0.717, 1.165) is 35.5 Å². The molecule has 1 unspecified atom stereocenters. The summed E-state index contributed by atoms with van der Waals surface area (Å²) in [5, 5.41) is 11.9. The van der Waals surface area contributed by atoms with Crippen molar-refractivity contribution < 1.29 is 14.7 Å². The molecule has 3 rings (SSSR count). The Kier molecular flexibility index (Phi) is 7.28. The fourth-order valence-electron chi connectivity index (χ4n) is 4.03. The van der Waals surface area contributed by atoms with E-state index in [1.807, 2.05) is 43.3 Å². The van der Waals surface area contributed by atoms with Crippen molar-refractivity contribution in [3.8, 4) is 0 Å². The van der Waals surface area contributed by atoms with Crippen LogP contribution in [0.25, 0.3) is 0 Å². The highest BCUT2D eigenvalue weighted by atomic mass is 16.4. The summed E-state index contributed by atoms with van der Waals surface area (Å²) in [5.74, 6) is -1.19. The van der Waals surface area contributed by atoms with Crippen LogP contribution in [0.2, 0.25) is 0 Å². The van der Waals surface area contributed by atoms with Gasteiger partial charge in [0.15, 0.2) is 0 Å². The van der Waals surface area contributed by atoms with Crippen molar-refractivity contribution in [2.45, 2.75) is 44.9 Å². The van der Waals surface area contributed by atoms with Crippen LogP contribution in [0, 0.1) is 0 Å². The second kappa shape index (κ2) is 10.1. The Morgan fingerprint density at radius 1 is 1.03 bits per heavy atom. The third-order valence-corrected chi connectivity index (χ3v) is 5.50. The van der Waals surface area contributed by atoms with Crippen LogP contribution in [-0.4, -0.2) is 36.6 Å². The Hall–Kier alpha value is -2.82. The Bertz CT molecular complexity index is 826. The van der Waals surface area contributed by atoms with Gasteiger partial charge in [0, 0.05) is 31.7 Å². The summed E-state index contributed by atoms with van der Waals surface area (Å²) in [6.45, 7) is 4.55. The number of aliphatic carboxylic acids is 1. The number of hydrogen-bond donors (Lipinski definition) is 2. The number of carbonyl (C=O) groups is 2. The largest absolute Gasteiger partial charge is 0.481 e. The number of para-hydroxylation sites is 1. The van der Waals surface area contributed by atoms with Gasteiger partial charge in [0.05, 0.1) is 5.92 Å². The van der Waals surface area contributed by atoms with Crippen molar-refractivity contribution in [2.75, 3.05) is 24.5 Å². The molecule has 0 aromatic heterocycles. The number of likely N-dealkylation sites (N-methyl/N-ethyl adjacent to an activating group) is 1. The molecule has 5 heteroatoms. The standard InChI is InChI=1S/C24H30N2O3/c1-2-25-24(29)23(19-13-10-18(11-14-19)12-15-22(27)28)20-8-4-5-9-21(20)26-16-6-3-7-17-26/h4-5,8-11,13-14,23H,2-3,6-7,12,15-17H2,1H3,(H,25,29)(H,27,28). The fourth-order valence-corrected chi connectivity index (χ4v) is 4.03. The Morgan fingerprint density at radius 2 is 1.72 bits per heavy atom. The van der Waals surface area contributed by atoms with Crippen LogP contribution in [0.3, 0.4) is 0 Å². The molecule has 5 nitrogen and oxygen atoms in total. The molecule has 0 radical (unpaired) electrons. The molecule has 0 saturated carbocycles. The topological polar surface area (TPSA) is 69.6 Å². The minimum Gasteiger partial charge on any atom is -0.481 e. The van der Waals surface area contributed by atoms with Crippen molar-refractivity contribution in [3.63, 3.8) is 0 Å². The van der Waals surface area contributed by atoms with E-state index < -0.39 is 5.97 Å². The van der Waals surface area contributed by atoms with Crippen LogP contribution in [0.1, 0.15) is 55.2 Å². The number of carboxylic acid groups (broad SMARTS) is 1. The SMILES string of the molecule is CCNC(=O)C(c1ccc(CCC(=O)O)cc1)c1ccccc1N1CCCCC1. The van der Waals surface area contributed by atoms with Crippen molar-refractivity contribution in [1.82, 2.24) is 5.32 Å². The van der Waals surface area contributed by atoms with E-state index in [1.54, 1.807) is 0 Å². The number of amides is 1. The van der Waals surface area contributed by atoms with Gasteiger partial charge in [0.2, 0.25) is 5.91 Å². The zero-order chi connectivity index (χ0) is 20.6. The molecule has 1 amide bonds. The molecule has 2 aromatic carbocycles. The molecule has 29 heavy (non-hydrogen) atoms. The van der Waals surface area contributed by atoms with Crippen molar-refractivity contribution in [3.05, 3.63) is 65.2 Å². The average Bonchev–Trinajstić information content (AvgIpc) is 2.74. The molecule has 1 saturated heterocycles. The average molecular weight is 395 g/mol. The van der Waals surface area contributed by atoms with Gasteiger partial charge in [-0.05, 0) is 55.4 Å². The maximum atomic E-state index is 13.1. The molecule has 2 N–H and O–H groups in total. The van der Waals surface area contributed by atoms with Gasteiger partial charge in [-0.15, -0.1) is 0 Å². The molecule has 0 aliphatic carbocycles. The number of benzene rings is 2. The van der Waals surface area contributed by atoms with Crippen LogP contribution >= 0.6 is 0 Å². The molecule has 1 atom stereocenters. The third kappa shape index (κ3) is 5.37. The lowest BCUT2D eigenvalue weighted by molar-refractivity contribution is -0.137. The lowest BCUT2D eigenvalue weighted by atomic mass is 9.87. The van der Waals surface area contributed by atoms with E-state index in [0.29, 0.717) is 13.0 Å². The van der Waals surface area contributed by atoms with Crippen LogP contribution in [0.4, 0.5) is 5.69 Å². The molecule has 1 aliphatic heterocycles. The highest BCUT2D eigenvalue weighted by molar-refractivity contribution is 5.89. The van der Waals surface area contributed by atoms with Crippen LogP contribution in [0.15, 0.2) is 48.5 Å². The third-order valence-electron chi connectivity index (χ3n) is 5.50. The smallest absolute Gasteiger partial charge is 0.303 e.